The Morgan fingerprint density at radius 3 is 2.31 bits per heavy atom. The molecule has 1 rings (SSSR count). The Bertz CT molecular complexity index is 423. The van der Waals surface area contributed by atoms with Gasteiger partial charge in [-0.1, -0.05) is 13.8 Å². The minimum Gasteiger partial charge on any atom is -0.395 e. The Hall–Kier alpha value is -0.520. The van der Waals surface area contributed by atoms with Crippen molar-refractivity contribution in [3.63, 3.8) is 0 Å². The van der Waals surface area contributed by atoms with Crippen LogP contribution in [0.3, 0.4) is 0 Å². The van der Waals surface area contributed by atoms with E-state index in [9.17, 15) is 8.42 Å². The van der Waals surface area contributed by atoms with Crippen LogP contribution in [0.1, 0.15) is 13.8 Å². The van der Waals surface area contributed by atoms with Gasteiger partial charge >= 0.3 is 0 Å². The van der Waals surface area contributed by atoms with E-state index in [1.807, 2.05) is 6.92 Å². The molecule has 0 aliphatic rings. The summed E-state index contributed by atoms with van der Waals surface area (Å²) >= 11 is 1.53. The molecule has 1 unspecified atom stereocenters. The maximum absolute atomic E-state index is 11.5. The van der Waals surface area contributed by atoms with Crippen LogP contribution < -0.4 is 0 Å². The number of aliphatic hydroxyl groups excluding tert-OH is 1. The first-order valence-electron chi connectivity index (χ1n) is 5.10. The minimum absolute atomic E-state index is 0.111. The SMILES string of the molecule is CCS(=O)(=O)c1ccc(SC(C)CO)cc1. The van der Waals surface area contributed by atoms with Gasteiger partial charge < -0.3 is 5.11 Å². The molecule has 0 radical (unpaired) electrons. The van der Waals surface area contributed by atoms with Crippen LogP contribution in [0.15, 0.2) is 34.1 Å². The van der Waals surface area contributed by atoms with Gasteiger partial charge in [0.1, 0.15) is 0 Å². The summed E-state index contributed by atoms with van der Waals surface area (Å²) in [5.41, 5.74) is 0. The summed E-state index contributed by atoms with van der Waals surface area (Å²) in [6, 6.07) is 6.79. The predicted molar refractivity (Wildman–Crippen MR) is 66.6 cm³/mol. The summed E-state index contributed by atoms with van der Waals surface area (Å²) in [6.07, 6.45) is 0. The van der Waals surface area contributed by atoms with Gasteiger partial charge in [-0.2, -0.15) is 0 Å². The summed E-state index contributed by atoms with van der Waals surface area (Å²) < 4.78 is 23.1. The number of hydrogen-bond donors (Lipinski definition) is 1. The number of sulfone groups is 1. The molecule has 0 aliphatic carbocycles. The maximum atomic E-state index is 11.5. The molecule has 5 heteroatoms. The summed E-state index contributed by atoms with van der Waals surface area (Å²) in [5, 5.41) is 9.02. The lowest BCUT2D eigenvalue weighted by atomic mass is 10.4. The average molecular weight is 260 g/mol. The second kappa shape index (κ2) is 5.70. The van der Waals surface area contributed by atoms with E-state index >= 15 is 0 Å². The molecule has 0 fully saturated rings. The van der Waals surface area contributed by atoms with Crippen molar-refractivity contribution in [3.8, 4) is 0 Å². The fraction of sp³-hybridized carbons (Fsp3) is 0.455. The predicted octanol–water partition coefficient (Wildman–Crippen LogP) is 1.95. The first kappa shape index (κ1) is 13.5. The largest absolute Gasteiger partial charge is 0.395 e. The van der Waals surface area contributed by atoms with E-state index in [0.29, 0.717) is 4.90 Å². The molecule has 0 heterocycles. The molecule has 90 valence electrons. The van der Waals surface area contributed by atoms with Crippen LogP contribution in [0.5, 0.6) is 0 Å². The smallest absolute Gasteiger partial charge is 0.178 e. The summed E-state index contributed by atoms with van der Waals surface area (Å²) in [5.74, 6) is 0.118. The topological polar surface area (TPSA) is 54.4 Å². The van der Waals surface area contributed by atoms with E-state index in [1.54, 1.807) is 31.2 Å². The van der Waals surface area contributed by atoms with Gasteiger partial charge in [-0.3, -0.25) is 0 Å². The van der Waals surface area contributed by atoms with Crippen LogP contribution in [0.2, 0.25) is 0 Å². The molecular weight excluding hydrogens is 244 g/mol. The third kappa shape index (κ3) is 3.50. The van der Waals surface area contributed by atoms with Gasteiger partial charge in [-0.15, -0.1) is 11.8 Å². The fourth-order valence-electron chi connectivity index (χ4n) is 1.16. The van der Waals surface area contributed by atoms with Crippen molar-refractivity contribution in [2.75, 3.05) is 12.4 Å². The Morgan fingerprint density at radius 2 is 1.88 bits per heavy atom. The molecule has 3 nitrogen and oxygen atoms in total. The van der Waals surface area contributed by atoms with E-state index in [4.69, 9.17) is 5.11 Å². The second-order valence-electron chi connectivity index (χ2n) is 3.49. The molecule has 1 aromatic rings. The highest BCUT2D eigenvalue weighted by atomic mass is 32.2. The number of rotatable bonds is 5. The zero-order chi connectivity index (χ0) is 12.2. The van der Waals surface area contributed by atoms with E-state index < -0.39 is 9.84 Å². The Morgan fingerprint density at radius 1 is 1.31 bits per heavy atom. The monoisotopic (exact) mass is 260 g/mol. The van der Waals surface area contributed by atoms with E-state index in [2.05, 4.69) is 0 Å². The molecule has 16 heavy (non-hydrogen) atoms. The molecule has 0 aliphatic heterocycles. The zero-order valence-electron chi connectivity index (χ0n) is 9.38. The van der Waals surface area contributed by atoms with Gasteiger partial charge in [0.05, 0.1) is 17.3 Å². The summed E-state index contributed by atoms with van der Waals surface area (Å²) in [6.45, 7) is 3.66. The van der Waals surface area contributed by atoms with Crippen LogP contribution in [-0.2, 0) is 9.84 Å². The lowest BCUT2D eigenvalue weighted by Gasteiger charge is -2.08. The maximum Gasteiger partial charge on any atom is 0.178 e. The van der Waals surface area contributed by atoms with Crippen molar-refractivity contribution in [1.29, 1.82) is 0 Å². The van der Waals surface area contributed by atoms with Crippen LogP contribution in [0, 0.1) is 0 Å². The summed E-state index contributed by atoms with van der Waals surface area (Å²) in [4.78, 5) is 1.33. The third-order valence-electron chi connectivity index (χ3n) is 2.16. The quantitative estimate of drug-likeness (QED) is 0.822. The van der Waals surface area contributed by atoms with Gasteiger partial charge in [0.25, 0.3) is 0 Å². The highest BCUT2D eigenvalue weighted by molar-refractivity contribution is 8.00. The molecule has 0 aromatic heterocycles. The van der Waals surface area contributed by atoms with Gasteiger partial charge in [-0.05, 0) is 24.3 Å². The number of aliphatic hydroxyl groups is 1. The Labute approximate surface area is 101 Å². The second-order valence-corrected chi connectivity index (χ2v) is 7.28. The van der Waals surface area contributed by atoms with Crippen LogP contribution in [-0.4, -0.2) is 31.1 Å². The number of benzene rings is 1. The molecule has 1 atom stereocenters. The van der Waals surface area contributed by atoms with Crippen molar-refractivity contribution >= 4 is 21.6 Å². The molecule has 1 N–H and O–H groups in total. The third-order valence-corrected chi connectivity index (χ3v) is 5.00. The van der Waals surface area contributed by atoms with Crippen LogP contribution in [0.25, 0.3) is 0 Å². The van der Waals surface area contributed by atoms with E-state index in [-0.39, 0.29) is 17.6 Å². The lowest BCUT2D eigenvalue weighted by Crippen LogP contribution is -2.04. The van der Waals surface area contributed by atoms with Gasteiger partial charge in [0, 0.05) is 10.1 Å². The van der Waals surface area contributed by atoms with Crippen LogP contribution in [0.4, 0.5) is 0 Å². The first-order chi connectivity index (χ1) is 7.49. The van der Waals surface area contributed by atoms with E-state index in [1.165, 1.54) is 11.8 Å². The summed E-state index contributed by atoms with van der Waals surface area (Å²) in [7, 11) is -3.11. The van der Waals surface area contributed by atoms with Crippen molar-refractivity contribution in [2.45, 2.75) is 28.9 Å². The van der Waals surface area contributed by atoms with Gasteiger partial charge in [0.2, 0.25) is 0 Å². The van der Waals surface area contributed by atoms with Crippen molar-refractivity contribution in [2.24, 2.45) is 0 Å². The highest BCUT2D eigenvalue weighted by Gasteiger charge is 2.11. The molecule has 0 amide bonds. The van der Waals surface area contributed by atoms with Crippen molar-refractivity contribution in [3.05, 3.63) is 24.3 Å². The Kier molecular flexibility index (Phi) is 4.83. The molecule has 0 spiro atoms. The average Bonchev–Trinajstić information content (AvgIpc) is 2.29. The van der Waals surface area contributed by atoms with E-state index in [0.717, 1.165) is 4.90 Å². The normalized spacial score (nSPS) is 13.7. The minimum atomic E-state index is -3.11. The molecule has 0 bridgehead atoms. The van der Waals surface area contributed by atoms with Gasteiger partial charge in [-0.25, -0.2) is 8.42 Å². The van der Waals surface area contributed by atoms with Crippen molar-refractivity contribution < 1.29 is 13.5 Å². The van der Waals surface area contributed by atoms with Crippen LogP contribution >= 0.6 is 11.8 Å². The fourth-order valence-corrected chi connectivity index (χ4v) is 2.88. The highest BCUT2D eigenvalue weighted by Crippen LogP contribution is 2.24. The molecular formula is C11H16O3S2. The number of thioether (sulfide) groups is 1. The zero-order valence-corrected chi connectivity index (χ0v) is 11.0. The van der Waals surface area contributed by atoms with Crippen molar-refractivity contribution in [1.82, 2.24) is 0 Å². The number of hydrogen-bond acceptors (Lipinski definition) is 4. The van der Waals surface area contributed by atoms with Gasteiger partial charge in [0.15, 0.2) is 9.84 Å². The molecule has 1 aromatic carbocycles. The lowest BCUT2D eigenvalue weighted by molar-refractivity contribution is 0.300. The standard InChI is InChI=1S/C11H16O3S2/c1-3-16(13,14)11-6-4-10(5-7-11)15-9(2)8-12/h4-7,9,12H,3,8H2,1-2H3. The first-order valence-corrected chi connectivity index (χ1v) is 7.63. The Balaban J connectivity index is 2.84. The molecule has 0 saturated carbocycles. The molecule has 0 saturated heterocycles.